The van der Waals surface area contributed by atoms with Gasteiger partial charge in [0.1, 0.15) is 0 Å². The number of benzene rings is 1. The maximum absolute atomic E-state index is 6.04. The van der Waals surface area contributed by atoms with Crippen molar-refractivity contribution in [2.75, 3.05) is 19.6 Å². The predicted molar refractivity (Wildman–Crippen MR) is 115 cm³/mol. The lowest BCUT2D eigenvalue weighted by molar-refractivity contribution is 0.313. The van der Waals surface area contributed by atoms with Crippen molar-refractivity contribution in [3.63, 3.8) is 0 Å². The van der Waals surface area contributed by atoms with E-state index < -0.39 is 0 Å². The van der Waals surface area contributed by atoms with Crippen LogP contribution in [-0.2, 0) is 6.54 Å². The second kappa shape index (κ2) is 10.1. The minimum Gasteiger partial charge on any atom is -0.330 e. The Morgan fingerprint density at radius 1 is 1.04 bits per heavy atom. The molecule has 27 heavy (non-hydrogen) atoms. The molecule has 0 unspecified atom stereocenters. The van der Waals surface area contributed by atoms with Crippen LogP contribution in [0.3, 0.4) is 0 Å². The predicted octanol–water partition coefficient (Wildman–Crippen LogP) is 3.62. The smallest absolute Gasteiger partial charge is 0.188 e. The molecule has 1 saturated heterocycles. The molecule has 5 nitrogen and oxygen atoms in total. The summed E-state index contributed by atoms with van der Waals surface area (Å²) in [5.74, 6) is 1.70. The van der Waals surface area contributed by atoms with Crippen LogP contribution in [0.5, 0.6) is 0 Å². The molecule has 2 atom stereocenters. The highest BCUT2D eigenvalue weighted by Gasteiger charge is 2.32. The van der Waals surface area contributed by atoms with Crippen LogP contribution < -0.4 is 5.73 Å². The van der Waals surface area contributed by atoms with E-state index in [1.807, 2.05) is 6.07 Å². The number of halogens is 2. The van der Waals surface area contributed by atoms with Crippen molar-refractivity contribution >= 4 is 36.2 Å². The average molecular weight is 424 g/mol. The highest BCUT2D eigenvalue weighted by Crippen LogP contribution is 2.33. The summed E-state index contributed by atoms with van der Waals surface area (Å²) >= 11 is 1.60. The molecular formula is C19H23Cl2N5S. The number of rotatable bonds is 5. The Labute approximate surface area is 175 Å². The van der Waals surface area contributed by atoms with E-state index in [1.165, 1.54) is 5.56 Å². The number of likely N-dealkylation sites (tertiary alicyclic amines) is 1. The molecule has 144 valence electrons. The summed E-state index contributed by atoms with van der Waals surface area (Å²) in [4.78, 5) is 15.7. The number of nitrogens with two attached hydrogens (primary N) is 1. The molecule has 0 bridgehead atoms. The molecule has 1 aliphatic rings. The van der Waals surface area contributed by atoms with Crippen LogP contribution in [-0.4, -0.2) is 39.5 Å². The van der Waals surface area contributed by atoms with Crippen molar-refractivity contribution < 1.29 is 0 Å². The van der Waals surface area contributed by atoms with Crippen molar-refractivity contribution in [3.8, 4) is 10.8 Å². The second-order valence-electron chi connectivity index (χ2n) is 6.42. The quantitative estimate of drug-likeness (QED) is 0.678. The molecule has 0 amide bonds. The van der Waals surface area contributed by atoms with Crippen LogP contribution in [0.2, 0.25) is 0 Å². The van der Waals surface area contributed by atoms with Crippen LogP contribution in [0.1, 0.15) is 17.2 Å². The Balaban J connectivity index is 0.00000131. The zero-order valence-electron chi connectivity index (χ0n) is 14.8. The molecule has 0 saturated carbocycles. The number of aromatic nitrogens is 3. The molecular weight excluding hydrogens is 401 g/mol. The Morgan fingerprint density at radius 2 is 1.78 bits per heavy atom. The van der Waals surface area contributed by atoms with Gasteiger partial charge in [-0.05, 0) is 24.1 Å². The molecule has 1 aliphatic heterocycles. The number of hydrogen-bond acceptors (Lipinski definition) is 6. The summed E-state index contributed by atoms with van der Waals surface area (Å²) < 4.78 is 0. The molecule has 0 aliphatic carbocycles. The largest absolute Gasteiger partial charge is 0.330 e. The molecule has 0 radical (unpaired) electrons. The van der Waals surface area contributed by atoms with Crippen molar-refractivity contribution in [2.45, 2.75) is 12.5 Å². The SMILES string of the molecule is Cl.Cl.NC[C@@H]1CN(Cc2csc(-c3ncccn3)n2)C[C@H]1c1ccccc1. The van der Waals surface area contributed by atoms with Gasteiger partial charge in [-0.25, -0.2) is 15.0 Å². The normalized spacial score (nSPS) is 19.3. The van der Waals surface area contributed by atoms with Gasteiger partial charge in [-0.15, -0.1) is 36.2 Å². The third-order valence-corrected chi connectivity index (χ3v) is 5.63. The fraction of sp³-hybridized carbons (Fsp3) is 0.316. The first-order valence-corrected chi connectivity index (χ1v) is 9.40. The zero-order chi connectivity index (χ0) is 17.1. The van der Waals surface area contributed by atoms with Crippen LogP contribution in [0, 0.1) is 5.92 Å². The monoisotopic (exact) mass is 423 g/mol. The standard InChI is InChI=1S/C19H21N5S.2ClH/c20-9-15-10-24(12-17(15)14-5-2-1-3-6-14)11-16-13-25-19(23-16)18-21-7-4-8-22-18;;/h1-8,13,15,17H,9-12,20H2;2*1H/t15-,17+;;/m1../s1. The van der Waals surface area contributed by atoms with Gasteiger partial charge in [-0.3, -0.25) is 4.90 Å². The highest BCUT2D eigenvalue weighted by atomic mass is 35.5. The lowest BCUT2D eigenvalue weighted by Crippen LogP contribution is -2.23. The van der Waals surface area contributed by atoms with E-state index in [0.29, 0.717) is 17.7 Å². The van der Waals surface area contributed by atoms with Gasteiger partial charge in [0.25, 0.3) is 0 Å². The van der Waals surface area contributed by atoms with Crippen LogP contribution in [0.4, 0.5) is 0 Å². The summed E-state index contributed by atoms with van der Waals surface area (Å²) in [5.41, 5.74) is 8.51. The lowest BCUT2D eigenvalue weighted by Gasteiger charge is -2.16. The van der Waals surface area contributed by atoms with E-state index in [9.17, 15) is 0 Å². The lowest BCUT2D eigenvalue weighted by atomic mass is 9.89. The fourth-order valence-electron chi connectivity index (χ4n) is 3.53. The van der Waals surface area contributed by atoms with Crippen LogP contribution in [0.15, 0.2) is 54.2 Å². The van der Waals surface area contributed by atoms with E-state index in [-0.39, 0.29) is 24.8 Å². The first kappa shape index (κ1) is 21.7. The molecule has 1 aromatic carbocycles. The topological polar surface area (TPSA) is 67.9 Å². The third kappa shape index (κ3) is 5.03. The number of nitrogens with zero attached hydrogens (tertiary/aromatic N) is 4. The molecule has 3 heterocycles. The Hall–Kier alpha value is -1.57. The Morgan fingerprint density at radius 3 is 2.48 bits per heavy atom. The van der Waals surface area contributed by atoms with Gasteiger partial charge in [0.05, 0.1) is 5.69 Å². The van der Waals surface area contributed by atoms with Crippen molar-refractivity contribution in [3.05, 3.63) is 65.4 Å². The van der Waals surface area contributed by atoms with Crippen LogP contribution in [0.25, 0.3) is 10.8 Å². The summed E-state index contributed by atoms with van der Waals surface area (Å²) in [6.45, 7) is 3.62. The second-order valence-corrected chi connectivity index (χ2v) is 7.28. The van der Waals surface area contributed by atoms with E-state index in [4.69, 9.17) is 10.7 Å². The van der Waals surface area contributed by atoms with Gasteiger partial charge >= 0.3 is 0 Å². The number of thiazole rings is 1. The number of hydrogen-bond donors (Lipinski definition) is 1. The minimum absolute atomic E-state index is 0. The summed E-state index contributed by atoms with van der Waals surface area (Å²) in [5, 5.41) is 2.99. The minimum atomic E-state index is 0. The molecule has 3 aromatic rings. The summed E-state index contributed by atoms with van der Waals surface area (Å²) in [6.07, 6.45) is 3.50. The first-order chi connectivity index (χ1) is 12.3. The van der Waals surface area contributed by atoms with Gasteiger partial charge in [0.15, 0.2) is 10.8 Å². The fourth-order valence-corrected chi connectivity index (χ4v) is 4.28. The van der Waals surface area contributed by atoms with E-state index in [1.54, 1.807) is 23.7 Å². The van der Waals surface area contributed by atoms with Crippen molar-refractivity contribution in [2.24, 2.45) is 11.7 Å². The third-order valence-electron chi connectivity index (χ3n) is 4.74. The van der Waals surface area contributed by atoms with Gasteiger partial charge < -0.3 is 5.73 Å². The highest BCUT2D eigenvalue weighted by molar-refractivity contribution is 7.13. The van der Waals surface area contributed by atoms with Gasteiger partial charge in [-0.1, -0.05) is 30.3 Å². The van der Waals surface area contributed by atoms with Gasteiger partial charge in [0.2, 0.25) is 0 Å². The van der Waals surface area contributed by atoms with E-state index in [2.05, 4.69) is 50.6 Å². The molecule has 8 heteroatoms. The zero-order valence-corrected chi connectivity index (χ0v) is 17.2. The Kier molecular flexibility index (Phi) is 8.13. The first-order valence-electron chi connectivity index (χ1n) is 8.52. The average Bonchev–Trinajstić information content (AvgIpc) is 3.30. The molecule has 0 spiro atoms. The van der Waals surface area contributed by atoms with Crippen molar-refractivity contribution in [1.29, 1.82) is 0 Å². The molecule has 1 fully saturated rings. The summed E-state index contributed by atoms with van der Waals surface area (Å²) in [6, 6.07) is 12.5. The summed E-state index contributed by atoms with van der Waals surface area (Å²) in [7, 11) is 0. The maximum atomic E-state index is 6.04. The Bertz CT molecular complexity index is 815. The van der Waals surface area contributed by atoms with E-state index in [0.717, 1.165) is 36.9 Å². The molecule has 2 aromatic heterocycles. The van der Waals surface area contributed by atoms with Gasteiger partial charge in [0, 0.05) is 43.3 Å². The molecule has 2 N–H and O–H groups in total. The van der Waals surface area contributed by atoms with E-state index >= 15 is 0 Å². The molecule has 4 rings (SSSR count). The van der Waals surface area contributed by atoms with Gasteiger partial charge in [-0.2, -0.15) is 0 Å². The van der Waals surface area contributed by atoms with Crippen LogP contribution >= 0.6 is 36.2 Å². The maximum Gasteiger partial charge on any atom is 0.188 e. The van der Waals surface area contributed by atoms with Crippen molar-refractivity contribution in [1.82, 2.24) is 19.9 Å².